The first-order chi connectivity index (χ1) is 9.56. The van der Waals surface area contributed by atoms with Gasteiger partial charge in [0.1, 0.15) is 18.2 Å². The number of aryl methyl sites for hydroxylation is 2. The van der Waals surface area contributed by atoms with E-state index < -0.39 is 5.82 Å². The molecule has 0 atom stereocenters. The van der Waals surface area contributed by atoms with Crippen LogP contribution < -0.4 is 4.74 Å². The van der Waals surface area contributed by atoms with Crippen LogP contribution in [0.4, 0.5) is 4.39 Å². The third-order valence-electron chi connectivity index (χ3n) is 3.06. The average Bonchev–Trinajstić information content (AvgIpc) is 2.72. The number of halogens is 2. The molecule has 0 aliphatic heterocycles. The van der Waals surface area contributed by atoms with E-state index in [1.807, 2.05) is 14.0 Å². The Morgan fingerprint density at radius 2 is 2.20 bits per heavy atom. The molecule has 2 rings (SSSR count). The molecule has 0 saturated carbocycles. The molecular weight excluding hydrogens is 327 g/mol. The number of aliphatic hydroxyl groups is 1. The van der Waals surface area contributed by atoms with Crippen molar-refractivity contribution in [3.05, 3.63) is 45.4 Å². The number of nitrogens with zero attached hydrogens (tertiary/aromatic N) is 2. The molecule has 1 aromatic heterocycles. The fraction of sp³-hybridized carbons (Fsp3) is 0.357. The van der Waals surface area contributed by atoms with Crippen molar-refractivity contribution in [3.8, 4) is 5.75 Å². The van der Waals surface area contributed by atoms with E-state index in [1.54, 1.807) is 4.68 Å². The van der Waals surface area contributed by atoms with Crippen molar-refractivity contribution in [3.63, 3.8) is 0 Å². The van der Waals surface area contributed by atoms with Gasteiger partial charge in [0.05, 0.1) is 22.5 Å². The molecule has 0 bridgehead atoms. The van der Waals surface area contributed by atoms with Gasteiger partial charge in [0, 0.05) is 12.6 Å². The molecule has 4 nitrogen and oxygen atoms in total. The molecule has 1 aromatic carbocycles. The minimum atomic E-state index is -0.392. The van der Waals surface area contributed by atoms with E-state index in [4.69, 9.17) is 4.74 Å². The highest BCUT2D eigenvalue weighted by Crippen LogP contribution is 2.25. The number of benzene rings is 1. The van der Waals surface area contributed by atoms with Gasteiger partial charge in [-0.1, -0.05) is 6.92 Å². The summed E-state index contributed by atoms with van der Waals surface area (Å²) in [5.74, 6) is 0.0800. The molecule has 0 radical (unpaired) electrons. The summed E-state index contributed by atoms with van der Waals surface area (Å²) < 4.78 is 21.4. The van der Waals surface area contributed by atoms with Crippen LogP contribution in [-0.4, -0.2) is 14.9 Å². The van der Waals surface area contributed by atoms with Gasteiger partial charge in [0.25, 0.3) is 0 Å². The third kappa shape index (κ3) is 3.02. The number of hydrogen-bond acceptors (Lipinski definition) is 3. The summed E-state index contributed by atoms with van der Waals surface area (Å²) >= 11 is 3.51. The average molecular weight is 343 g/mol. The Hall–Kier alpha value is -1.40. The molecule has 0 fully saturated rings. The summed E-state index contributed by atoms with van der Waals surface area (Å²) in [5, 5.41) is 13.6. The van der Waals surface area contributed by atoms with E-state index in [-0.39, 0.29) is 6.61 Å². The van der Waals surface area contributed by atoms with E-state index in [0.717, 1.165) is 22.3 Å². The van der Waals surface area contributed by atoms with E-state index >= 15 is 0 Å². The second-order valence-electron chi connectivity index (χ2n) is 4.38. The molecule has 1 N–H and O–H groups in total. The van der Waals surface area contributed by atoms with Gasteiger partial charge in [-0.25, -0.2) is 4.39 Å². The molecule has 2 aromatic rings. The van der Waals surface area contributed by atoms with Crippen molar-refractivity contribution in [2.75, 3.05) is 0 Å². The highest BCUT2D eigenvalue weighted by atomic mass is 79.9. The highest BCUT2D eigenvalue weighted by Gasteiger charge is 2.14. The first-order valence-corrected chi connectivity index (χ1v) is 7.08. The standard InChI is InChI=1S/C14H16BrFN2O2/c1-3-11-14(15)12(18(2)17-11)8-20-13-5-4-10(16)6-9(13)7-19/h4-6,19H,3,7-8H2,1-2H3. The second-order valence-corrected chi connectivity index (χ2v) is 5.18. The summed E-state index contributed by atoms with van der Waals surface area (Å²) in [4.78, 5) is 0. The smallest absolute Gasteiger partial charge is 0.131 e. The van der Waals surface area contributed by atoms with Gasteiger partial charge in [-0.2, -0.15) is 5.10 Å². The minimum absolute atomic E-state index is 0.264. The number of ether oxygens (including phenoxy) is 1. The summed E-state index contributed by atoms with van der Waals surface area (Å²) in [6, 6.07) is 4.10. The van der Waals surface area contributed by atoms with Gasteiger partial charge < -0.3 is 9.84 Å². The summed E-state index contributed by atoms with van der Waals surface area (Å²) in [6.45, 7) is 2.06. The van der Waals surface area contributed by atoms with Gasteiger partial charge in [0.15, 0.2) is 0 Å². The Morgan fingerprint density at radius 3 is 2.80 bits per heavy atom. The molecule has 0 unspecified atom stereocenters. The lowest BCUT2D eigenvalue weighted by atomic mass is 10.2. The normalized spacial score (nSPS) is 10.8. The van der Waals surface area contributed by atoms with E-state index in [9.17, 15) is 9.50 Å². The maximum absolute atomic E-state index is 13.1. The molecule has 0 amide bonds. The van der Waals surface area contributed by atoms with Gasteiger partial charge >= 0.3 is 0 Å². The minimum Gasteiger partial charge on any atom is -0.487 e. The van der Waals surface area contributed by atoms with Crippen molar-refractivity contribution in [2.24, 2.45) is 7.05 Å². The third-order valence-corrected chi connectivity index (χ3v) is 3.98. The molecule has 0 spiro atoms. The molecule has 108 valence electrons. The van der Waals surface area contributed by atoms with Gasteiger partial charge in [0.2, 0.25) is 0 Å². The molecule has 0 aliphatic carbocycles. The lowest BCUT2D eigenvalue weighted by molar-refractivity contribution is 0.254. The van der Waals surface area contributed by atoms with Crippen LogP contribution in [0.3, 0.4) is 0 Å². The molecule has 1 heterocycles. The van der Waals surface area contributed by atoms with Crippen LogP contribution in [0.2, 0.25) is 0 Å². The van der Waals surface area contributed by atoms with Crippen molar-refractivity contribution in [2.45, 2.75) is 26.6 Å². The highest BCUT2D eigenvalue weighted by molar-refractivity contribution is 9.10. The topological polar surface area (TPSA) is 47.3 Å². The van der Waals surface area contributed by atoms with Crippen LogP contribution in [-0.2, 0) is 26.7 Å². The SMILES string of the molecule is CCc1nn(C)c(COc2ccc(F)cc2CO)c1Br. The van der Waals surface area contributed by atoms with Crippen molar-refractivity contribution in [1.82, 2.24) is 9.78 Å². The van der Waals surface area contributed by atoms with E-state index in [2.05, 4.69) is 21.0 Å². The Labute approximate surface area is 125 Å². The molecule has 0 saturated heterocycles. The fourth-order valence-corrected chi connectivity index (χ4v) is 2.67. The van der Waals surface area contributed by atoms with Crippen LogP contribution in [0.5, 0.6) is 5.75 Å². The molecule has 20 heavy (non-hydrogen) atoms. The summed E-state index contributed by atoms with van der Waals surface area (Å²) in [5.41, 5.74) is 2.29. The van der Waals surface area contributed by atoms with Crippen molar-refractivity contribution >= 4 is 15.9 Å². The van der Waals surface area contributed by atoms with E-state index in [1.165, 1.54) is 18.2 Å². The van der Waals surface area contributed by atoms with E-state index in [0.29, 0.717) is 17.9 Å². The first kappa shape index (κ1) is 15.0. The van der Waals surface area contributed by atoms with Crippen LogP contribution >= 0.6 is 15.9 Å². The number of hydrogen-bond donors (Lipinski definition) is 1. The van der Waals surface area contributed by atoms with Crippen molar-refractivity contribution < 1.29 is 14.2 Å². The molecule has 0 aliphatic rings. The second kappa shape index (κ2) is 6.37. The quantitative estimate of drug-likeness (QED) is 0.908. The van der Waals surface area contributed by atoms with Crippen LogP contribution in [0.25, 0.3) is 0 Å². The number of aliphatic hydroxyl groups excluding tert-OH is 1. The number of aromatic nitrogens is 2. The summed E-state index contributed by atoms with van der Waals surface area (Å²) in [7, 11) is 1.85. The Balaban J connectivity index is 2.19. The fourth-order valence-electron chi connectivity index (χ4n) is 1.94. The zero-order valence-electron chi connectivity index (χ0n) is 11.4. The predicted octanol–water partition coefficient (Wildman–Crippen LogP) is 2.96. The van der Waals surface area contributed by atoms with Gasteiger partial charge in [-0.15, -0.1) is 0 Å². The van der Waals surface area contributed by atoms with Crippen LogP contribution in [0, 0.1) is 5.82 Å². The monoisotopic (exact) mass is 342 g/mol. The van der Waals surface area contributed by atoms with Gasteiger partial charge in [-0.05, 0) is 40.5 Å². The molecular formula is C14H16BrFN2O2. The zero-order chi connectivity index (χ0) is 14.7. The zero-order valence-corrected chi connectivity index (χ0v) is 12.9. The maximum atomic E-state index is 13.1. The molecule has 6 heteroatoms. The summed E-state index contributed by atoms with van der Waals surface area (Å²) in [6.07, 6.45) is 0.826. The van der Waals surface area contributed by atoms with Gasteiger partial charge in [-0.3, -0.25) is 4.68 Å². The lowest BCUT2D eigenvalue weighted by Gasteiger charge is -2.10. The predicted molar refractivity (Wildman–Crippen MR) is 76.9 cm³/mol. The number of rotatable bonds is 5. The Bertz CT molecular complexity index is 613. The van der Waals surface area contributed by atoms with Crippen molar-refractivity contribution in [1.29, 1.82) is 0 Å². The van der Waals surface area contributed by atoms with Crippen LogP contribution in [0.15, 0.2) is 22.7 Å². The first-order valence-electron chi connectivity index (χ1n) is 6.29. The largest absolute Gasteiger partial charge is 0.487 e. The Kier molecular flexibility index (Phi) is 4.77. The van der Waals surface area contributed by atoms with Crippen LogP contribution in [0.1, 0.15) is 23.9 Å². The maximum Gasteiger partial charge on any atom is 0.131 e. The lowest BCUT2D eigenvalue weighted by Crippen LogP contribution is -2.05. The Morgan fingerprint density at radius 1 is 1.45 bits per heavy atom.